The molecule has 132 valence electrons. The number of nitrogens with zero attached hydrogens (tertiary/aromatic N) is 4. The molecule has 0 bridgehead atoms. The van der Waals surface area contributed by atoms with Crippen LogP contribution in [-0.2, 0) is 4.79 Å². The van der Waals surface area contributed by atoms with Crippen LogP contribution in [0.5, 0.6) is 5.75 Å². The Balaban J connectivity index is 2.15. The van der Waals surface area contributed by atoms with Gasteiger partial charge in [-0.25, -0.2) is 5.43 Å². The van der Waals surface area contributed by atoms with Crippen LogP contribution >= 0.6 is 0 Å². The summed E-state index contributed by atoms with van der Waals surface area (Å²) in [7, 11) is 0. The first kappa shape index (κ1) is 18.1. The highest BCUT2D eigenvalue weighted by molar-refractivity contribution is 5.99. The van der Waals surface area contributed by atoms with Crippen LogP contribution < -0.4 is 5.43 Å². The number of carbonyl (C=O) groups is 1. The Morgan fingerprint density at radius 3 is 2.48 bits per heavy atom. The first-order valence-corrected chi connectivity index (χ1v) is 7.56. The highest BCUT2D eigenvalue weighted by Gasteiger charge is 2.26. The number of aromatic hydroxyl groups is 1. The lowest BCUT2D eigenvalue weighted by molar-refractivity contribution is -0.386. The first-order valence-electron chi connectivity index (χ1n) is 7.56. The molecule has 2 aromatic rings. The van der Waals surface area contributed by atoms with E-state index in [-0.39, 0.29) is 17.1 Å². The van der Waals surface area contributed by atoms with E-state index < -0.39 is 16.9 Å². The second-order valence-corrected chi connectivity index (χ2v) is 5.62. The minimum Gasteiger partial charge on any atom is -0.508 e. The average Bonchev–Trinajstić information content (AvgIpc) is 2.86. The lowest BCUT2D eigenvalue weighted by Crippen LogP contribution is -2.29. The van der Waals surface area contributed by atoms with Crippen molar-refractivity contribution in [3.05, 3.63) is 51.3 Å². The largest absolute Gasteiger partial charge is 0.508 e. The summed E-state index contributed by atoms with van der Waals surface area (Å²) in [5, 5.41) is 28.4. The summed E-state index contributed by atoms with van der Waals surface area (Å²) in [5.74, 6) is -0.307. The van der Waals surface area contributed by atoms with Crippen molar-refractivity contribution in [1.29, 1.82) is 0 Å². The van der Waals surface area contributed by atoms with E-state index in [1.165, 1.54) is 23.7 Å². The Morgan fingerprint density at radius 1 is 1.36 bits per heavy atom. The molecule has 0 aliphatic heterocycles. The third-order valence-electron chi connectivity index (χ3n) is 3.83. The van der Waals surface area contributed by atoms with Gasteiger partial charge in [0, 0.05) is 0 Å². The van der Waals surface area contributed by atoms with E-state index in [1.807, 2.05) is 0 Å². The maximum absolute atomic E-state index is 12.3. The molecule has 0 aliphatic carbocycles. The Labute approximate surface area is 144 Å². The molecular formula is C16H19N5O4. The quantitative estimate of drug-likeness (QED) is 0.488. The van der Waals surface area contributed by atoms with E-state index in [2.05, 4.69) is 15.6 Å². The molecule has 0 spiro atoms. The van der Waals surface area contributed by atoms with Crippen molar-refractivity contribution in [3.8, 4) is 5.75 Å². The number of hydrogen-bond donors (Lipinski definition) is 2. The number of amides is 1. The maximum Gasteiger partial charge on any atom is 0.312 e. The molecule has 1 amide bonds. The van der Waals surface area contributed by atoms with Crippen LogP contribution in [-0.4, -0.2) is 31.4 Å². The summed E-state index contributed by atoms with van der Waals surface area (Å²) in [4.78, 5) is 22.8. The molecule has 25 heavy (non-hydrogen) atoms. The topological polar surface area (TPSA) is 123 Å². The van der Waals surface area contributed by atoms with E-state index >= 15 is 0 Å². The minimum atomic E-state index is -0.760. The van der Waals surface area contributed by atoms with Crippen LogP contribution in [0.4, 0.5) is 5.69 Å². The van der Waals surface area contributed by atoms with Crippen molar-refractivity contribution in [3.63, 3.8) is 0 Å². The van der Waals surface area contributed by atoms with Gasteiger partial charge in [-0.3, -0.25) is 19.6 Å². The van der Waals surface area contributed by atoms with Gasteiger partial charge in [-0.15, -0.1) is 0 Å². The molecule has 1 atom stereocenters. The van der Waals surface area contributed by atoms with Gasteiger partial charge in [0.25, 0.3) is 5.91 Å². The molecule has 2 N–H and O–H groups in total. The predicted molar refractivity (Wildman–Crippen MR) is 91.5 cm³/mol. The van der Waals surface area contributed by atoms with Crippen molar-refractivity contribution < 1.29 is 14.8 Å². The van der Waals surface area contributed by atoms with E-state index in [0.717, 1.165) is 5.56 Å². The van der Waals surface area contributed by atoms with E-state index in [1.54, 1.807) is 32.9 Å². The monoisotopic (exact) mass is 345 g/mol. The average molecular weight is 345 g/mol. The number of hydrazone groups is 1. The molecule has 0 radical (unpaired) electrons. The zero-order valence-electron chi connectivity index (χ0n) is 14.3. The van der Waals surface area contributed by atoms with Gasteiger partial charge in [0.1, 0.15) is 23.2 Å². The standard InChI is InChI=1S/C16H19N5O4/c1-9(13-5-7-14(22)8-6-13)17-18-16(23)12(4)20-11(3)15(21(24)25)10(2)19-20/h5-8,12,22H,1-4H3,(H,18,23)/b17-9+. The van der Waals surface area contributed by atoms with Crippen LogP contribution in [0, 0.1) is 24.0 Å². The van der Waals surface area contributed by atoms with Gasteiger partial charge >= 0.3 is 5.69 Å². The molecule has 0 saturated heterocycles. The zero-order valence-corrected chi connectivity index (χ0v) is 14.3. The number of rotatable bonds is 5. The van der Waals surface area contributed by atoms with Crippen LogP contribution in [0.25, 0.3) is 0 Å². The number of nitrogens with one attached hydrogen (secondary N) is 1. The third-order valence-corrected chi connectivity index (χ3v) is 3.83. The fourth-order valence-electron chi connectivity index (χ4n) is 2.41. The molecule has 1 unspecified atom stereocenters. The fourth-order valence-corrected chi connectivity index (χ4v) is 2.41. The third kappa shape index (κ3) is 3.82. The summed E-state index contributed by atoms with van der Waals surface area (Å²) in [6.07, 6.45) is 0. The van der Waals surface area contributed by atoms with Gasteiger partial charge in [-0.05, 0) is 57.5 Å². The van der Waals surface area contributed by atoms with Gasteiger partial charge < -0.3 is 5.11 Å². The number of nitro groups is 1. The first-order chi connectivity index (χ1) is 11.7. The molecule has 1 aromatic carbocycles. The second kappa shape index (κ2) is 7.12. The van der Waals surface area contributed by atoms with Crippen molar-refractivity contribution in [2.45, 2.75) is 33.7 Å². The summed E-state index contributed by atoms with van der Waals surface area (Å²) in [6, 6.07) is 5.63. The number of aryl methyl sites for hydroxylation is 1. The molecule has 0 aliphatic rings. The van der Waals surface area contributed by atoms with Crippen molar-refractivity contribution in [2.75, 3.05) is 0 Å². The summed E-state index contributed by atoms with van der Waals surface area (Å²) in [5.41, 5.74) is 4.20. The van der Waals surface area contributed by atoms with Gasteiger partial charge in [0.15, 0.2) is 0 Å². The van der Waals surface area contributed by atoms with Crippen LogP contribution in [0.3, 0.4) is 0 Å². The lowest BCUT2D eigenvalue weighted by atomic mass is 10.1. The molecule has 1 aromatic heterocycles. The van der Waals surface area contributed by atoms with E-state index in [9.17, 15) is 20.0 Å². The minimum absolute atomic E-state index is 0.0941. The highest BCUT2D eigenvalue weighted by Crippen LogP contribution is 2.24. The summed E-state index contributed by atoms with van der Waals surface area (Å²) in [6.45, 7) is 6.38. The number of phenols is 1. The number of hydrogen-bond acceptors (Lipinski definition) is 6. The molecular weight excluding hydrogens is 326 g/mol. The SMILES string of the molecule is C/C(=N\NC(=O)C(C)n1nc(C)c([N+](=O)[O-])c1C)c1ccc(O)cc1. The number of carbonyl (C=O) groups excluding carboxylic acids is 1. The number of phenolic OH excluding ortho intramolecular Hbond substituents is 1. The Bertz CT molecular complexity index is 839. The van der Waals surface area contributed by atoms with Gasteiger partial charge in [0.05, 0.1) is 10.6 Å². The Hall–Kier alpha value is -3.23. The lowest BCUT2D eigenvalue weighted by Gasteiger charge is -2.12. The Kier molecular flexibility index (Phi) is 5.16. The van der Waals surface area contributed by atoms with Gasteiger partial charge in [-0.2, -0.15) is 10.2 Å². The van der Waals surface area contributed by atoms with Crippen LogP contribution in [0.1, 0.15) is 36.8 Å². The normalized spacial score (nSPS) is 12.7. The summed E-state index contributed by atoms with van der Waals surface area (Å²) >= 11 is 0. The van der Waals surface area contributed by atoms with Gasteiger partial charge in [0.2, 0.25) is 0 Å². The number of aromatic nitrogens is 2. The second-order valence-electron chi connectivity index (χ2n) is 5.62. The fraction of sp³-hybridized carbons (Fsp3) is 0.312. The predicted octanol–water partition coefficient (Wildman–Crippen LogP) is 2.22. The van der Waals surface area contributed by atoms with Crippen LogP contribution in [0.15, 0.2) is 29.4 Å². The Morgan fingerprint density at radius 2 is 1.96 bits per heavy atom. The molecule has 2 rings (SSSR count). The van der Waals surface area contributed by atoms with E-state index in [0.29, 0.717) is 11.4 Å². The zero-order chi connectivity index (χ0) is 18.7. The van der Waals surface area contributed by atoms with Gasteiger partial charge in [-0.1, -0.05) is 0 Å². The number of benzene rings is 1. The maximum atomic E-state index is 12.3. The van der Waals surface area contributed by atoms with Crippen LogP contribution in [0.2, 0.25) is 0 Å². The summed E-state index contributed by atoms with van der Waals surface area (Å²) < 4.78 is 1.31. The molecule has 9 heteroatoms. The highest BCUT2D eigenvalue weighted by atomic mass is 16.6. The van der Waals surface area contributed by atoms with E-state index in [4.69, 9.17) is 0 Å². The van der Waals surface area contributed by atoms with Crippen molar-refractivity contribution in [2.24, 2.45) is 5.10 Å². The molecule has 0 saturated carbocycles. The molecule has 9 nitrogen and oxygen atoms in total. The van der Waals surface area contributed by atoms with Crippen molar-refractivity contribution in [1.82, 2.24) is 15.2 Å². The molecule has 0 fully saturated rings. The molecule has 1 heterocycles. The van der Waals surface area contributed by atoms with Crippen molar-refractivity contribution >= 4 is 17.3 Å². The smallest absolute Gasteiger partial charge is 0.312 e.